The van der Waals surface area contributed by atoms with Crippen LogP contribution >= 0.6 is 12.2 Å². The van der Waals surface area contributed by atoms with Gasteiger partial charge in [0.1, 0.15) is 12.2 Å². The number of carbonyl (C=O) groups is 1. The first-order valence-corrected chi connectivity index (χ1v) is 10.3. The third kappa shape index (κ3) is 5.15. The fraction of sp³-hybridized carbons (Fsp3) is 0.304. The lowest BCUT2D eigenvalue weighted by Crippen LogP contribution is -2.12. The number of rotatable bonds is 10. The highest BCUT2D eigenvalue weighted by Gasteiger charge is 2.17. The summed E-state index contributed by atoms with van der Waals surface area (Å²) in [5, 5.41) is 15.6. The van der Waals surface area contributed by atoms with Crippen molar-refractivity contribution in [3.63, 3.8) is 0 Å². The van der Waals surface area contributed by atoms with E-state index in [9.17, 15) is 9.90 Å². The van der Waals surface area contributed by atoms with E-state index in [1.54, 1.807) is 23.8 Å². The summed E-state index contributed by atoms with van der Waals surface area (Å²) in [6.45, 7) is 2.81. The molecule has 0 saturated heterocycles. The van der Waals surface area contributed by atoms with Crippen molar-refractivity contribution in [3.8, 4) is 11.1 Å². The molecule has 2 aromatic carbocycles. The number of carboxylic acids is 1. The average Bonchev–Trinajstić information content (AvgIpc) is 3.19. The van der Waals surface area contributed by atoms with Gasteiger partial charge in [-0.1, -0.05) is 74.4 Å². The molecule has 1 N–H and O–H groups in total. The molecule has 1 aromatic heterocycles. The summed E-state index contributed by atoms with van der Waals surface area (Å²) < 4.78 is 1.94. The quantitative estimate of drug-likeness (QED) is 0.459. The number of nitrogens with zero attached hydrogens (tertiary/aromatic N) is 3. The zero-order chi connectivity index (χ0) is 20.6. The van der Waals surface area contributed by atoms with Crippen LogP contribution < -0.4 is 0 Å². The molecular weight excluding hydrogens is 382 g/mol. The van der Waals surface area contributed by atoms with Crippen molar-refractivity contribution in [2.75, 3.05) is 0 Å². The molecule has 6 heteroatoms. The van der Waals surface area contributed by atoms with Crippen LogP contribution in [-0.2, 0) is 6.54 Å². The van der Waals surface area contributed by atoms with Gasteiger partial charge in [-0.2, -0.15) is 5.10 Å². The summed E-state index contributed by atoms with van der Waals surface area (Å²) in [6.07, 6.45) is 5.75. The number of carboxylic acid groups (broad SMARTS) is 1. The average molecular weight is 408 g/mol. The molecule has 0 aliphatic heterocycles. The summed E-state index contributed by atoms with van der Waals surface area (Å²) in [4.78, 5) is 16.0. The van der Waals surface area contributed by atoms with Gasteiger partial charge in [0, 0.05) is 5.92 Å². The van der Waals surface area contributed by atoms with Crippen LogP contribution in [0.15, 0.2) is 54.9 Å². The second kappa shape index (κ2) is 10.1. The molecule has 1 atom stereocenters. The SMILES string of the molecule is CCCCC(CC=S)c1ncnn1Cc1ccc(-c2ccccc2C(=O)O)cc1. The Labute approximate surface area is 176 Å². The van der Waals surface area contributed by atoms with E-state index in [0.717, 1.165) is 42.6 Å². The van der Waals surface area contributed by atoms with E-state index >= 15 is 0 Å². The largest absolute Gasteiger partial charge is 0.478 e. The number of hydrogen-bond donors (Lipinski definition) is 1. The molecule has 0 aliphatic carbocycles. The fourth-order valence-corrected chi connectivity index (χ4v) is 3.75. The Balaban J connectivity index is 1.80. The van der Waals surface area contributed by atoms with Gasteiger partial charge < -0.3 is 5.11 Å². The Kier molecular flexibility index (Phi) is 7.25. The summed E-state index contributed by atoms with van der Waals surface area (Å²) in [7, 11) is 0. The minimum Gasteiger partial charge on any atom is -0.478 e. The molecule has 0 amide bonds. The number of aromatic nitrogens is 3. The Morgan fingerprint density at radius 3 is 2.66 bits per heavy atom. The molecule has 0 aliphatic rings. The second-order valence-corrected chi connectivity index (χ2v) is 7.40. The summed E-state index contributed by atoms with van der Waals surface area (Å²) in [5.74, 6) is 0.338. The Morgan fingerprint density at radius 2 is 1.97 bits per heavy atom. The maximum absolute atomic E-state index is 11.5. The number of thiocarbonyl (C=S) groups is 1. The van der Waals surface area contributed by atoms with Crippen LogP contribution in [0.5, 0.6) is 0 Å². The molecule has 0 radical (unpaired) electrons. The molecule has 29 heavy (non-hydrogen) atoms. The zero-order valence-corrected chi connectivity index (χ0v) is 17.3. The number of benzene rings is 2. The van der Waals surface area contributed by atoms with E-state index in [2.05, 4.69) is 17.0 Å². The van der Waals surface area contributed by atoms with Crippen LogP contribution in [0.1, 0.15) is 60.3 Å². The molecule has 3 aromatic rings. The van der Waals surface area contributed by atoms with Crippen molar-refractivity contribution < 1.29 is 9.90 Å². The minimum atomic E-state index is -0.923. The lowest BCUT2D eigenvalue weighted by atomic mass is 9.98. The molecule has 0 fully saturated rings. The second-order valence-electron chi connectivity index (χ2n) is 7.07. The van der Waals surface area contributed by atoms with E-state index in [-0.39, 0.29) is 5.92 Å². The number of hydrogen-bond acceptors (Lipinski definition) is 4. The van der Waals surface area contributed by atoms with Gasteiger partial charge in [0.25, 0.3) is 0 Å². The van der Waals surface area contributed by atoms with Crippen molar-refractivity contribution in [3.05, 3.63) is 71.8 Å². The van der Waals surface area contributed by atoms with Crippen LogP contribution in [0.25, 0.3) is 11.1 Å². The van der Waals surface area contributed by atoms with Crippen molar-refractivity contribution in [2.45, 2.75) is 45.1 Å². The van der Waals surface area contributed by atoms with Gasteiger partial charge in [-0.05, 0) is 41.0 Å². The molecule has 150 valence electrons. The van der Waals surface area contributed by atoms with E-state index in [4.69, 9.17) is 12.2 Å². The van der Waals surface area contributed by atoms with Gasteiger partial charge in [-0.25, -0.2) is 14.5 Å². The Bertz CT molecular complexity index is 966. The van der Waals surface area contributed by atoms with E-state index in [0.29, 0.717) is 17.7 Å². The molecule has 0 saturated carbocycles. The zero-order valence-electron chi connectivity index (χ0n) is 16.5. The first kappa shape index (κ1) is 20.9. The predicted octanol–water partition coefficient (Wildman–Crippen LogP) is 5.36. The van der Waals surface area contributed by atoms with E-state index < -0.39 is 5.97 Å². The lowest BCUT2D eigenvalue weighted by Gasteiger charge is -2.15. The Morgan fingerprint density at radius 1 is 1.21 bits per heavy atom. The molecule has 1 unspecified atom stereocenters. The van der Waals surface area contributed by atoms with Crippen LogP contribution in [0, 0.1) is 0 Å². The molecule has 0 bridgehead atoms. The topological polar surface area (TPSA) is 68.0 Å². The molecule has 5 nitrogen and oxygen atoms in total. The highest BCUT2D eigenvalue weighted by atomic mass is 32.1. The van der Waals surface area contributed by atoms with Gasteiger partial charge in [-0.3, -0.25) is 0 Å². The van der Waals surface area contributed by atoms with Gasteiger partial charge in [0.05, 0.1) is 12.1 Å². The lowest BCUT2D eigenvalue weighted by molar-refractivity contribution is 0.0697. The highest BCUT2D eigenvalue weighted by Crippen LogP contribution is 2.26. The first-order valence-electron chi connectivity index (χ1n) is 9.87. The van der Waals surface area contributed by atoms with Crippen molar-refractivity contribution >= 4 is 23.6 Å². The fourth-order valence-electron chi connectivity index (χ4n) is 3.51. The summed E-state index contributed by atoms with van der Waals surface area (Å²) in [6, 6.07) is 15.0. The number of unbranched alkanes of at least 4 members (excludes halogenated alkanes) is 1. The summed E-state index contributed by atoms with van der Waals surface area (Å²) >= 11 is 5.09. The number of aromatic carboxylic acids is 1. The highest BCUT2D eigenvalue weighted by molar-refractivity contribution is 7.78. The normalized spacial score (nSPS) is 11.9. The molecular formula is C23H25N3O2S. The third-order valence-electron chi connectivity index (χ3n) is 5.05. The minimum absolute atomic E-state index is 0.289. The summed E-state index contributed by atoms with van der Waals surface area (Å²) in [5.41, 5.74) is 2.99. The standard InChI is InChI=1S/C23H25N3O2S/c1-2-3-6-19(13-14-29)22-24-16-25-26(22)15-17-9-11-18(12-10-17)20-7-4-5-8-21(20)23(27)28/h4-5,7-12,14,16,19H,2-3,6,13,15H2,1H3,(H,27,28). The van der Waals surface area contributed by atoms with Gasteiger partial charge in [0.2, 0.25) is 0 Å². The van der Waals surface area contributed by atoms with E-state index in [1.165, 1.54) is 0 Å². The van der Waals surface area contributed by atoms with Crippen molar-refractivity contribution in [1.29, 1.82) is 0 Å². The third-order valence-corrected chi connectivity index (χ3v) is 5.24. The maximum atomic E-state index is 11.5. The monoisotopic (exact) mass is 407 g/mol. The first-order chi connectivity index (χ1) is 14.1. The molecule has 3 rings (SSSR count). The van der Waals surface area contributed by atoms with Gasteiger partial charge >= 0.3 is 5.97 Å². The Hall–Kier alpha value is -2.86. The van der Waals surface area contributed by atoms with Crippen molar-refractivity contribution in [2.24, 2.45) is 0 Å². The van der Waals surface area contributed by atoms with Crippen LogP contribution in [0.2, 0.25) is 0 Å². The molecule has 0 spiro atoms. The molecule has 1 heterocycles. The maximum Gasteiger partial charge on any atom is 0.336 e. The van der Waals surface area contributed by atoms with Crippen LogP contribution in [0.3, 0.4) is 0 Å². The van der Waals surface area contributed by atoms with Gasteiger partial charge in [-0.15, -0.1) is 0 Å². The van der Waals surface area contributed by atoms with Gasteiger partial charge in [0.15, 0.2) is 0 Å². The van der Waals surface area contributed by atoms with Crippen molar-refractivity contribution in [1.82, 2.24) is 14.8 Å². The van der Waals surface area contributed by atoms with E-state index in [1.807, 2.05) is 41.1 Å². The smallest absolute Gasteiger partial charge is 0.336 e. The predicted molar refractivity (Wildman–Crippen MR) is 118 cm³/mol. The van der Waals surface area contributed by atoms with Crippen LogP contribution in [-0.4, -0.2) is 31.2 Å². The van der Waals surface area contributed by atoms with Crippen LogP contribution in [0.4, 0.5) is 0 Å².